The van der Waals surface area contributed by atoms with Gasteiger partial charge in [-0.15, -0.1) is 0 Å². The Morgan fingerprint density at radius 1 is 0.353 bits per heavy atom. The van der Waals surface area contributed by atoms with E-state index in [-0.39, 0.29) is 0 Å². The van der Waals surface area contributed by atoms with Crippen LogP contribution in [0.1, 0.15) is 22.3 Å². The van der Waals surface area contributed by atoms with Crippen LogP contribution in [0, 0.1) is 0 Å². The van der Waals surface area contributed by atoms with Crippen molar-refractivity contribution in [1.29, 1.82) is 0 Å². The molecule has 1 N–H and O–H groups in total. The highest BCUT2D eigenvalue weighted by atomic mass is 15.2. The molecule has 8 aromatic carbocycles. The number of rotatable bonds is 5. The Morgan fingerprint density at radius 3 is 1.57 bits per heavy atom. The highest BCUT2D eigenvalue weighted by molar-refractivity contribution is 5.97. The zero-order chi connectivity index (χ0) is 33.8. The first kappa shape index (κ1) is 29.3. The van der Waals surface area contributed by atoms with Gasteiger partial charge in [0.15, 0.2) is 0 Å². The summed E-state index contributed by atoms with van der Waals surface area (Å²) in [6.07, 6.45) is 0. The number of para-hydroxylation sites is 4. The number of hydrogen-bond donors (Lipinski definition) is 1. The molecule has 1 aliphatic carbocycles. The van der Waals surface area contributed by atoms with E-state index in [1.54, 1.807) is 0 Å². The second kappa shape index (κ2) is 11.8. The molecule has 1 heterocycles. The number of benzene rings is 8. The molecule has 0 bridgehead atoms. The van der Waals surface area contributed by atoms with Crippen LogP contribution in [-0.4, -0.2) is 0 Å². The molecule has 2 heteroatoms. The first-order valence-electron chi connectivity index (χ1n) is 17.6. The van der Waals surface area contributed by atoms with Crippen molar-refractivity contribution in [2.24, 2.45) is 0 Å². The van der Waals surface area contributed by atoms with Crippen LogP contribution in [0.3, 0.4) is 0 Å². The minimum absolute atomic E-state index is 0.499. The number of hydrogen-bond acceptors (Lipinski definition) is 2. The number of fused-ring (bicyclic) bond motifs is 9. The molecule has 2 nitrogen and oxygen atoms in total. The lowest BCUT2D eigenvalue weighted by molar-refractivity contribution is 0.753. The van der Waals surface area contributed by atoms with Crippen molar-refractivity contribution in [2.45, 2.75) is 5.41 Å². The molecule has 240 valence electrons. The zero-order valence-electron chi connectivity index (χ0n) is 28.0. The van der Waals surface area contributed by atoms with Crippen molar-refractivity contribution in [1.82, 2.24) is 0 Å². The number of nitrogens with zero attached hydrogens (tertiary/aromatic N) is 1. The zero-order valence-corrected chi connectivity index (χ0v) is 28.0. The first-order chi connectivity index (χ1) is 25.3. The van der Waals surface area contributed by atoms with Crippen molar-refractivity contribution in [3.8, 4) is 33.4 Å². The predicted molar refractivity (Wildman–Crippen MR) is 213 cm³/mol. The smallest absolute Gasteiger partial charge is 0.0755 e. The lowest BCUT2D eigenvalue weighted by Gasteiger charge is -2.45. The summed E-state index contributed by atoms with van der Waals surface area (Å²) in [6, 6.07) is 72.7. The SMILES string of the molecule is c1ccc(-c2ccccc2-c2ccccc2Nc2ccc3c(c2)C2(c4ccccc4-3)c3ccccc3N(c3ccccc3)c3ccccc32)cc1. The molecule has 0 unspecified atom stereocenters. The maximum absolute atomic E-state index is 3.90. The van der Waals surface area contributed by atoms with E-state index in [9.17, 15) is 0 Å². The second-order valence-corrected chi connectivity index (χ2v) is 13.3. The van der Waals surface area contributed by atoms with Crippen LogP contribution in [0.15, 0.2) is 200 Å². The molecule has 1 spiro atoms. The normalized spacial score (nSPS) is 13.2. The third-order valence-corrected chi connectivity index (χ3v) is 10.7. The molecule has 0 saturated carbocycles. The molecule has 8 aromatic rings. The van der Waals surface area contributed by atoms with Gasteiger partial charge in [-0.1, -0.05) is 158 Å². The molecule has 1 aliphatic heterocycles. The van der Waals surface area contributed by atoms with Crippen LogP contribution in [0.25, 0.3) is 33.4 Å². The molecular weight excluding hydrogens is 617 g/mol. The molecule has 51 heavy (non-hydrogen) atoms. The van der Waals surface area contributed by atoms with Gasteiger partial charge in [-0.3, -0.25) is 0 Å². The van der Waals surface area contributed by atoms with Gasteiger partial charge in [0.25, 0.3) is 0 Å². The Kier molecular flexibility index (Phi) is 6.75. The Labute approximate surface area is 298 Å². The topological polar surface area (TPSA) is 15.3 Å². The van der Waals surface area contributed by atoms with E-state index in [0.717, 1.165) is 17.1 Å². The van der Waals surface area contributed by atoms with Crippen LogP contribution in [0.4, 0.5) is 28.4 Å². The van der Waals surface area contributed by atoms with Crippen molar-refractivity contribution < 1.29 is 0 Å². The molecule has 0 radical (unpaired) electrons. The summed E-state index contributed by atoms with van der Waals surface area (Å²) in [7, 11) is 0. The molecule has 2 aliphatic rings. The average Bonchev–Trinajstić information content (AvgIpc) is 3.49. The molecule has 10 rings (SSSR count). The fraction of sp³-hybridized carbons (Fsp3) is 0.0204. The van der Waals surface area contributed by atoms with Crippen molar-refractivity contribution >= 4 is 28.4 Å². The second-order valence-electron chi connectivity index (χ2n) is 13.3. The van der Waals surface area contributed by atoms with Gasteiger partial charge in [0.2, 0.25) is 0 Å². The summed E-state index contributed by atoms with van der Waals surface area (Å²) < 4.78 is 0. The molecular formula is C49H34N2. The first-order valence-corrected chi connectivity index (χ1v) is 17.6. The van der Waals surface area contributed by atoms with Gasteiger partial charge in [0.05, 0.1) is 16.8 Å². The monoisotopic (exact) mass is 650 g/mol. The van der Waals surface area contributed by atoms with Gasteiger partial charge in [-0.05, 0) is 92.5 Å². The maximum Gasteiger partial charge on any atom is 0.0755 e. The van der Waals surface area contributed by atoms with Crippen molar-refractivity contribution in [2.75, 3.05) is 10.2 Å². The van der Waals surface area contributed by atoms with Crippen LogP contribution >= 0.6 is 0 Å². The van der Waals surface area contributed by atoms with Gasteiger partial charge in [-0.2, -0.15) is 0 Å². The minimum atomic E-state index is -0.499. The van der Waals surface area contributed by atoms with E-state index >= 15 is 0 Å². The summed E-state index contributed by atoms with van der Waals surface area (Å²) in [4.78, 5) is 2.43. The summed E-state index contributed by atoms with van der Waals surface area (Å²) in [6.45, 7) is 0. The van der Waals surface area contributed by atoms with Gasteiger partial charge in [0.1, 0.15) is 0 Å². The third-order valence-electron chi connectivity index (χ3n) is 10.7. The molecule has 0 saturated heterocycles. The Bertz CT molecular complexity index is 2520. The summed E-state index contributed by atoms with van der Waals surface area (Å²) in [5, 5.41) is 3.90. The Balaban J connectivity index is 1.17. The fourth-order valence-electron chi connectivity index (χ4n) is 8.61. The average molecular weight is 651 g/mol. The van der Waals surface area contributed by atoms with Crippen molar-refractivity contribution in [3.05, 3.63) is 222 Å². The molecule has 0 aromatic heterocycles. The lowest BCUT2D eigenvalue weighted by atomic mass is 9.64. The van der Waals surface area contributed by atoms with Crippen molar-refractivity contribution in [3.63, 3.8) is 0 Å². The predicted octanol–water partition coefficient (Wildman–Crippen LogP) is 12.9. The van der Waals surface area contributed by atoms with E-state index in [2.05, 4.69) is 210 Å². The molecule has 0 fully saturated rings. The molecule has 0 amide bonds. The van der Waals surface area contributed by atoms with Crippen LogP contribution < -0.4 is 10.2 Å². The van der Waals surface area contributed by atoms with E-state index in [1.165, 1.54) is 67.0 Å². The van der Waals surface area contributed by atoms with Gasteiger partial charge >= 0.3 is 0 Å². The highest BCUT2D eigenvalue weighted by Gasteiger charge is 2.51. The quantitative estimate of drug-likeness (QED) is 0.199. The Morgan fingerprint density at radius 2 is 0.863 bits per heavy atom. The van der Waals surface area contributed by atoms with E-state index in [1.807, 2.05) is 0 Å². The standard InChI is InChI=1S/C49H34N2/c1-3-17-34(18-4-1)37-21-7-8-22-38(37)41-24-10-14-28-46(41)50-35-31-32-40-39-23-9-11-25-42(39)49(45(40)33-35)43-26-12-15-29-47(43)51(36-19-5-2-6-20-36)48-30-16-13-27-44(48)49/h1-33,50H. The van der Waals surface area contributed by atoms with E-state index in [0.29, 0.717) is 0 Å². The van der Waals surface area contributed by atoms with Gasteiger partial charge in [-0.25, -0.2) is 0 Å². The Hall–Kier alpha value is -6.64. The minimum Gasteiger partial charge on any atom is -0.355 e. The van der Waals surface area contributed by atoms with Gasteiger partial charge in [0, 0.05) is 22.6 Å². The van der Waals surface area contributed by atoms with E-state index in [4.69, 9.17) is 0 Å². The number of anilines is 5. The van der Waals surface area contributed by atoms with Crippen LogP contribution in [-0.2, 0) is 5.41 Å². The third kappa shape index (κ3) is 4.43. The van der Waals surface area contributed by atoms with E-state index < -0.39 is 5.41 Å². The lowest BCUT2D eigenvalue weighted by Crippen LogP contribution is -2.36. The molecule has 0 atom stereocenters. The summed E-state index contributed by atoms with van der Waals surface area (Å²) >= 11 is 0. The maximum atomic E-state index is 3.90. The number of nitrogens with one attached hydrogen (secondary N) is 1. The summed E-state index contributed by atoms with van der Waals surface area (Å²) in [5.74, 6) is 0. The fourth-order valence-corrected chi connectivity index (χ4v) is 8.61. The summed E-state index contributed by atoms with van der Waals surface area (Å²) in [5.41, 5.74) is 17.7. The highest BCUT2D eigenvalue weighted by Crippen LogP contribution is 2.63. The largest absolute Gasteiger partial charge is 0.355 e. The van der Waals surface area contributed by atoms with Gasteiger partial charge < -0.3 is 10.2 Å². The van der Waals surface area contributed by atoms with Crippen LogP contribution in [0.2, 0.25) is 0 Å². The van der Waals surface area contributed by atoms with Crippen LogP contribution in [0.5, 0.6) is 0 Å².